The number of pyridine rings is 1. The van der Waals surface area contributed by atoms with Crippen molar-refractivity contribution in [2.45, 2.75) is 33.7 Å². The van der Waals surface area contributed by atoms with Gasteiger partial charge in [-0.1, -0.05) is 6.07 Å². The molecule has 3 heterocycles. The largest absolute Gasteiger partial charge is 0.354 e. The molecule has 0 saturated carbocycles. The van der Waals surface area contributed by atoms with Crippen LogP contribution < -0.4 is 5.32 Å². The molecule has 0 fully saturated rings. The van der Waals surface area contributed by atoms with Crippen molar-refractivity contribution in [3.8, 4) is 0 Å². The second kappa shape index (κ2) is 5.92. The van der Waals surface area contributed by atoms with Gasteiger partial charge in [-0.3, -0.25) is 14.0 Å². The van der Waals surface area contributed by atoms with E-state index >= 15 is 0 Å². The first-order valence-electron chi connectivity index (χ1n) is 7.70. The van der Waals surface area contributed by atoms with E-state index in [0.29, 0.717) is 28.3 Å². The fourth-order valence-electron chi connectivity index (χ4n) is 2.99. The Labute approximate surface area is 139 Å². The Bertz CT molecular complexity index is 938. The SMILES string of the molecule is CC(=O)c1c(C)[nH]c(C(=O)N[C@H](C)c2nnc3ccccn23)c1C. The zero-order chi connectivity index (χ0) is 17.4. The van der Waals surface area contributed by atoms with Crippen LogP contribution >= 0.6 is 0 Å². The van der Waals surface area contributed by atoms with E-state index in [4.69, 9.17) is 0 Å². The van der Waals surface area contributed by atoms with Crippen LogP contribution in [0.2, 0.25) is 0 Å². The van der Waals surface area contributed by atoms with Gasteiger partial charge in [0.1, 0.15) is 5.69 Å². The third kappa shape index (κ3) is 2.58. The molecular formula is C17H19N5O2. The van der Waals surface area contributed by atoms with E-state index in [2.05, 4.69) is 20.5 Å². The number of hydrogen-bond donors (Lipinski definition) is 2. The number of aryl methyl sites for hydroxylation is 1. The molecule has 0 bridgehead atoms. The summed E-state index contributed by atoms with van der Waals surface area (Å²) in [6.45, 7) is 6.90. The van der Waals surface area contributed by atoms with Gasteiger partial charge in [-0.05, 0) is 45.4 Å². The molecule has 7 heteroatoms. The Balaban J connectivity index is 1.87. The summed E-state index contributed by atoms with van der Waals surface area (Å²) in [5.74, 6) is 0.312. The average Bonchev–Trinajstić information content (AvgIpc) is 3.08. The number of aromatic nitrogens is 4. The molecule has 0 aliphatic rings. The molecule has 0 aliphatic carbocycles. The number of nitrogens with one attached hydrogen (secondary N) is 2. The van der Waals surface area contributed by atoms with E-state index in [1.54, 1.807) is 13.8 Å². The van der Waals surface area contributed by atoms with Crippen molar-refractivity contribution >= 4 is 17.3 Å². The lowest BCUT2D eigenvalue weighted by Crippen LogP contribution is -2.28. The highest BCUT2D eigenvalue weighted by molar-refractivity contribution is 6.02. The Morgan fingerprint density at radius 2 is 2.00 bits per heavy atom. The number of rotatable bonds is 4. The van der Waals surface area contributed by atoms with Crippen molar-refractivity contribution in [2.75, 3.05) is 0 Å². The van der Waals surface area contributed by atoms with Crippen molar-refractivity contribution in [1.29, 1.82) is 0 Å². The van der Waals surface area contributed by atoms with E-state index < -0.39 is 0 Å². The molecule has 2 N–H and O–H groups in total. The van der Waals surface area contributed by atoms with Crippen LogP contribution in [0.15, 0.2) is 24.4 Å². The van der Waals surface area contributed by atoms with Gasteiger partial charge in [-0.15, -0.1) is 10.2 Å². The number of aromatic amines is 1. The smallest absolute Gasteiger partial charge is 0.268 e. The van der Waals surface area contributed by atoms with Crippen molar-refractivity contribution < 1.29 is 9.59 Å². The molecule has 0 radical (unpaired) electrons. The minimum Gasteiger partial charge on any atom is -0.354 e. The third-order valence-electron chi connectivity index (χ3n) is 4.09. The summed E-state index contributed by atoms with van der Waals surface area (Å²) in [5, 5.41) is 11.1. The van der Waals surface area contributed by atoms with Gasteiger partial charge in [0.15, 0.2) is 17.3 Å². The number of fused-ring (bicyclic) bond motifs is 1. The molecular weight excluding hydrogens is 306 g/mol. The Hall–Kier alpha value is -2.96. The number of H-pyrrole nitrogens is 1. The van der Waals surface area contributed by atoms with Crippen LogP contribution in [0.5, 0.6) is 0 Å². The maximum atomic E-state index is 12.6. The summed E-state index contributed by atoms with van der Waals surface area (Å²) in [6, 6.07) is 5.28. The highest BCUT2D eigenvalue weighted by Gasteiger charge is 2.22. The predicted octanol–water partition coefficient (Wildman–Crippen LogP) is 2.37. The summed E-state index contributed by atoms with van der Waals surface area (Å²) < 4.78 is 1.83. The van der Waals surface area contributed by atoms with Gasteiger partial charge in [-0.25, -0.2) is 0 Å². The second-order valence-electron chi connectivity index (χ2n) is 5.86. The molecule has 1 atom stereocenters. The fraction of sp³-hybridized carbons (Fsp3) is 0.294. The molecule has 124 valence electrons. The van der Waals surface area contributed by atoms with E-state index in [-0.39, 0.29) is 17.7 Å². The number of carbonyl (C=O) groups excluding carboxylic acids is 2. The van der Waals surface area contributed by atoms with Crippen molar-refractivity contribution in [2.24, 2.45) is 0 Å². The van der Waals surface area contributed by atoms with E-state index in [1.165, 1.54) is 6.92 Å². The molecule has 0 unspecified atom stereocenters. The van der Waals surface area contributed by atoms with E-state index in [1.807, 2.05) is 35.7 Å². The fourth-order valence-corrected chi connectivity index (χ4v) is 2.99. The van der Waals surface area contributed by atoms with Crippen LogP contribution in [0, 0.1) is 13.8 Å². The molecule has 3 rings (SSSR count). The van der Waals surface area contributed by atoms with Crippen molar-refractivity contribution in [3.05, 3.63) is 52.7 Å². The standard InChI is InChI=1S/C17H19N5O2/c1-9-14(12(4)23)10(2)18-15(9)17(24)19-11(3)16-21-20-13-7-5-6-8-22(13)16/h5-8,11,18H,1-4H3,(H,19,24)/t11-/m1/s1. The van der Waals surface area contributed by atoms with Gasteiger partial charge in [-0.2, -0.15) is 0 Å². The lowest BCUT2D eigenvalue weighted by molar-refractivity contribution is 0.0932. The summed E-state index contributed by atoms with van der Waals surface area (Å²) in [6.07, 6.45) is 1.85. The van der Waals surface area contributed by atoms with Crippen LogP contribution in [0.4, 0.5) is 0 Å². The second-order valence-corrected chi connectivity index (χ2v) is 5.86. The van der Waals surface area contributed by atoms with E-state index in [9.17, 15) is 9.59 Å². The topological polar surface area (TPSA) is 92.1 Å². The summed E-state index contributed by atoms with van der Waals surface area (Å²) in [7, 11) is 0. The maximum Gasteiger partial charge on any atom is 0.268 e. The number of ketones is 1. The molecule has 24 heavy (non-hydrogen) atoms. The average molecular weight is 325 g/mol. The number of carbonyl (C=O) groups is 2. The van der Waals surface area contributed by atoms with Gasteiger partial charge in [0.25, 0.3) is 5.91 Å². The molecule has 3 aromatic heterocycles. The Morgan fingerprint density at radius 3 is 2.67 bits per heavy atom. The lowest BCUT2D eigenvalue weighted by Gasteiger charge is -2.12. The first kappa shape index (κ1) is 15.9. The Kier molecular flexibility index (Phi) is 3.92. The van der Waals surface area contributed by atoms with Crippen molar-refractivity contribution in [3.63, 3.8) is 0 Å². The maximum absolute atomic E-state index is 12.6. The molecule has 0 aromatic carbocycles. The molecule has 0 spiro atoms. The van der Waals surface area contributed by atoms with Crippen LogP contribution in [0.1, 0.15) is 57.8 Å². The van der Waals surface area contributed by atoms with E-state index in [0.717, 1.165) is 5.65 Å². The van der Waals surface area contributed by atoms with Crippen LogP contribution in [0.3, 0.4) is 0 Å². The number of nitrogens with zero attached hydrogens (tertiary/aromatic N) is 3. The van der Waals surface area contributed by atoms with Crippen LogP contribution in [-0.4, -0.2) is 31.3 Å². The first-order chi connectivity index (χ1) is 11.4. The molecule has 1 amide bonds. The van der Waals surface area contributed by atoms with Crippen LogP contribution in [-0.2, 0) is 0 Å². The summed E-state index contributed by atoms with van der Waals surface area (Å²) in [5.41, 5.74) is 3.06. The zero-order valence-corrected chi connectivity index (χ0v) is 14.0. The minimum atomic E-state index is -0.335. The number of hydrogen-bond acceptors (Lipinski definition) is 4. The van der Waals surface area contributed by atoms with Gasteiger partial charge in [0, 0.05) is 17.5 Å². The van der Waals surface area contributed by atoms with Gasteiger partial charge in [0.2, 0.25) is 0 Å². The minimum absolute atomic E-state index is 0.0585. The molecule has 0 saturated heterocycles. The lowest BCUT2D eigenvalue weighted by atomic mass is 10.1. The molecule has 0 aliphatic heterocycles. The molecule has 7 nitrogen and oxygen atoms in total. The summed E-state index contributed by atoms with van der Waals surface area (Å²) >= 11 is 0. The summed E-state index contributed by atoms with van der Waals surface area (Å²) in [4.78, 5) is 27.3. The van der Waals surface area contributed by atoms with Gasteiger partial charge < -0.3 is 10.3 Å². The monoisotopic (exact) mass is 325 g/mol. The number of Topliss-reactive ketones (excluding diaryl/α,β-unsaturated/α-hetero) is 1. The third-order valence-corrected chi connectivity index (χ3v) is 4.09. The normalized spacial score (nSPS) is 12.3. The Morgan fingerprint density at radius 1 is 1.25 bits per heavy atom. The van der Waals surface area contributed by atoms with Gasteiger partial charge in [0.05, 0.1) is 6.04 Å². The van der Waals surface area contributed by atoms with Gasteiger partial charge >= 0.3 is 0 Å². The molecule has 3 aromatic rings. The van der Waals surface area contributed by atoms with Crippen LogP contribution in [0.25, 0.3) is 5.65 Å². The first-order valence-corrected chi connectivity index (χ1v) is 7.70. The zero-order valence-electron chi connectivity index (χ0n) is 14.0. The highest BCUT2D eigenvalue weighted by Crippen LogP contribution is 2.19. The number of amides is 1. The van der Waals surface area contributed by atoms with Crippen molar-refractivity contribution in [1.82, 2.24) is 24.9 Å². The quantitative estimate of drug-likeness (QED) is 0.720. The highest BCUT2D eigenvalue weighted by atomic mass is 16.2. The predicted molar refractivity (Wildman–Crippen MR) is 89.1 cm³/mol.